The largest absolute Gasteiger partial charge is 0.338 e. The van der Waals surface area contributed by atoms with Crippen LogP contribution in [0.1, 0.15) is 13.3 Å². The molecule has 1 unspecified atom stereocenters. The third-order valence-corrected chi connectivity index (χ3v) is 2.84. The highest BCUT2D eigenvalue weighted by Gasteiger charge is 2.25. The molecule has 6 nitrogen and oxygen atoms in total. The third-order valence-electron chi connectivity index (χ3n) is 2.84. The maximum atomic E-state index is 12.2. The van der Waals surface area contributed by atoms with Gasteiger partial charge in [0.1, 0.15) is 6.04 Å². The lowest BCUT2D eigenvalue weighted by Crippen LogP contribution is -2.55. The van der Waals surface area contributed by atoms with E-state index in [1.165, 1.54) is 4.90 Å². The fourth-order valence-electron chi connectivity index (χ4n) is 1.72. The van der Waals surface area contributed by atoms with Crippen molar-refractivity contribution in [1.29, 1.82) is 0 Å². The number of carbonyl (C=O) groups excluding carboxylic acids is 2. The van der Waals surface area contributed by atoms with Gasteiger partial charge in [0, 0.05) is 40.3 Å². The summed E-state index contributed by atoms with van der Waals surface area (Å²) in [5.41, 5.74) is 0. The second-order valence-corrected chi connectivity index (χ2v) is 4.38. The average molecular weight is 242 g/mol. The molecule has 2 N–H and O–H groups in total. The van der Waals surface area contributed by atoms with Crippen molar-refractivity contribution in [2.24, 2.45) is 0 Å². The lowest BCUT2D eigenvalue weighted by atomic mass is 10.2. The van der Waals surface area contributed by atoms with E-state index in [9.17, 15) is 9.59 Å². The topological polar surface area (TPSA) is 64.7 Å². The highest BCUT2D eigenvalue weighted by atomic mass is 16.2. The number of carbonyl (C=O) groups is 2. The number of nitrogens with one attached hydrogen (secondary N) is 2. The first-order valence-electron chi connectivity index (χ1n) is 6.03. The predicted molar refractivity (Wildman–Crippen MR) is 65.7 cm³/mol. The van der Waals surface area contributed by atoms with Crippen LogP contribution in [-0.2, 0) is 4.79 Å². The van der Waals surface area contributed by atoms with Gasteiger partial charge in [-0.3, -0.25) is 4.79 Å². The molecule has 0 spiro atoms. The minimum Gasteiger partial charge on any atom is -0.338 e. The zero-order valence-corrected chi connectivity index (χ0v) is 10.8. The first kappa shape index (κ1) is 13.8. The summed E-state index contributed by atoms with van der Waals surface area (Å²) in [5.74, 6) is 0.0178. The molecule has 0 bridgehead atoms. The van der Waals surface area contributed by atoms with E-state index in [0.29, 0.717) is 19.5 Å². The summed E-state index contributed by atoms with van der Waals surface area (Å²) in [7, 11) is 3.33. The zero-order valence-electron chi connectivity index (χ0n) is 10.8. The molecule has 98 valence electrons. The van der Waals surface area contributed by atoms with E-state index in [2.05, 4.69) is 10.6 Å². The van der Waals surface area contributed by atoms with Crippen molar-refractivity contribution < 1.29 is 9.59 Å². The Morgan fingerprint density at radius 1 is 1.35 bits per heavy atom. The van der Waals surface area contributed by atoms with Gasteiger partial charge in [-0.05, 0) is 6.42 Å². The summed E-state index contributed by atoms with van der Waals surface area (Å²) in [4.78, 5) is 26.9. The molecule has 0 aliphatic carbocycles. The van der Waals surface area contributed by atoms with E-state index >= 15 is 0 Å². The van der Waals surface area contributed by atoms with Gasteiger partial charge in [-0.15, -0.1) is 0 Å². The van der Waals surface area contributed by atoms with Gasteiger partial charge in [0.05, 0.1) is 0 Å². The van der Waals surface area contributed by atoms with Crippen LogP contribution < -0.4 is 10.6 Å². The molecule has 0 saturated carbocycles. The molecule has 0 aromatic heterocycles. The van der Waals surface area contributed by atoms with Gasteiger partial charge in [0.2, 0.25) is 5.91 Å². The predicted octanol–water partition coefficient (Wildman–Crippen LogP) is -0.532. The van der Waals surface area contributed by atoms with Crippen LogP contribution in [0.25, 0.3) is 0 Å². The van der Waals surface area contributed by atoms with Gasteiger partial charge in [0.15, 0.2) is 0 Å². The van der Waals surface area contributed by atoms with E-state index in [4.69, 9.17) is 0 Å². The Hall–Kier alpha value is -1.30. The second kappa shape index (κ2) is 6.44. The van der Waals surface area contributed by atoms with Crippen LogP contribution in [0.4, 0.5) is 4.79 Å². The number of rotatable bonds is 3. The van der Waals surface area contributed by atoms with Crippen LogP contribution in [0.2, 0.25) is 0 Å². The van der Waals surface area contributed by atoms with Gasteiger partial charge in [-0.25, -0.2) is 4.79 Å². The van der Waals surface area contributed by atoms with Crippen molar-refractivity contribution in [2.75, 3.05) is 40.3 Å². The Bertz CT molecular complexity index is 275. The van der Waals surface area contributed by atoms with Crippen molar-refractivity contribution in [2.45, 2.75) is 19.4 Å². The molecule has 1 aliphatic heterocycles. The Morgan fingerprint density at radius 2 is 1.94 bits per heavy atom. The molecular formula is C11H22N4O2. The highest BCUT2D eigenvalue weighted by Crippen LogP contribution is 2.02. The van der Waals surface area contributed by atoms with Crippen molar-refractivity contribution in [3.05, 3.63) is 0 Å². The average Bonchev–Trinajstić information content (AvgIpc) is 2.35. The van der Waals surface area contributed by atoms with Crippen LogP contribution in [-0.4, -0.2) is 68.1 Å². The molecule has 1 atom stereocenters. The molecule has 1 saturated heterocycles. The molecule has 1 heterocycles. The number of amides is 3. The number of hydrogen-bond acceptors (Lipinski definition) is 3. The van der Waals surface area contributed by atoms with Gasteiger partial charge in [-0.1, -0.05) is 6.92 Å². The first-order chi connectivity index (χ1) is 8.06. The quantitative estimate of drug-likeness (QED) is 0.699. The molecule has 17 heavy (non-hydrogen) atoms. The number of piperazine rings is 1. The summed E-state index contributed by atoms with van der Waals surface area (Å²) in [6, 6.07) is -0.636. The summed E-state index contributed by atoms with van der Waals surface area (Å²) < 4.78 is 0. The third kappa shape index (κ3) is 3.89. The van der Waals surface area contributed by atoms with E-state index < -0.39 is 6.04 Å². The van der Waals surface area contributed by atoms with Crippen molar-refractivity contribution in [1.82, 2.24) is 20.4 Å². The smallest absolute Gasteiger partial charge is 0.317 e. The van der Waals surface area contributed by atoms with Gasteiger partial charge in [0.25, 0.3) is 0 Å². The van der Waals surface area contributed by atoms with Gasteiger partial charge in [-0.2, -0.15) is 0 Å². The van der Waals surface area contributed by atoms with E-state index in [-0.39, 0.29) is 11.9 Å². The summed E-state index contributed by atoms with van der Waals surface area (Å²) in [5, 5.41) is 5.93. The van der Waals surface area contributed by atoms with E-state index in [1.807, 2.05) is 6.92 Å². The number of hydrogen-bond donors (Lipinski definition) is 2. The summed E-state index contributed by atoms with van der Waals surface area (Å²) >= 11 is 0. The van der Waals surface area contributed by atoms with Crippen molar-refractivity contribution >= 4 is 11.9 Å². The Balaban J connectivity index is 2.53. The molecule has 1 aliphatic rings. The fraction of sp³-hybridized carbons (Fsp3) is 0.818. The van der Waals surface area contributed by atoms with Crippen LogP contribution >= 0.6 is 0 Å². The standard InChI is InChI=1S/C11H22N4O2/c1-4-9(13-11(17)14(2)3)10(16)15-7-5-12-6-8-15/h9,12H,4-8H2,1-3H3,(H,13,17). The number of nitrogens with zero attached hydrogens (tertiary/aromatic N) is 2. The summed E-state index contributed by atoms with van der Waals surface area (Å²) in [6.07, 6.45) is 0.613. The van der Waals surface area contributed by atoms with Gasteiger partial charge < -0.3 is 20.4 Å². The maximum Gasteiger partial charge on any atom is 0.317 e. The Labute approximate surface area is 102 Å². The van der Waals surface area contributed by atoms with E-state index in [1.54, 1.807) is 19.0 Å². The SMILES string of the molecule is CCC(NC(=O)N(C)C)C(=O)N1CCNCC1. The normalized spacial score (nSPS) is 17.5. The van der Waals surface area contributed by atoms with Crippen LogP contribution in [0.15, 0.2) is 0 Å². The zero-order chi connectivity index (χ0) is 12.8. The molecule has 0 aromatic rings. The lowest BCUT2D eigenvalue weighted by Gasteiger charge is -2.31. The minimum absolute atomic E-state index is 0.0178. The maximum absolute atomic E-state index is 12.2. The van der Waals surface area contributed by atoms with Crippen molar-refractivity contribution in [3.8, 4) is 0 Å². The molecule has 3 amide bonds. The monoisotopic (exact) mass is 242 g/mol. The van der Waals surface area contributed by atoms with Crippen LogP contribution in [0.5, 0.6) is 0 Å². The lowest BCUT2D eigenvalue weighted by molar-refractivity contribution is -0.133. The Morgan fingerprint density at radius 3 is 2.41 bits per heavy atom. The molecule has 0 radical (unpaired) electrons. The second-order valence-electron chi connectivity index (χ2n) is 4.38. The first-order valence-corrected chi connectivity index (χ1v) is 6.03. The van der Waals surface area contributed by atoms with Crippen molar-refractivity contribution in [3.63, 3.8) is 0 Å². The highest BCUT2D eigenvalue weighted by molar-refractivity contribution is 5.87. The Kier molecular flexibility index (Phi) is 5.21. The van der Waals surface area contributed by atoms with Gasteiger partial charge >= 0.3 is 6.03 Å². The van der Waals surface area contributed by atoms with Crippen LogP contribution in [0, 0.1) is 0 Å². The van der Waals surface area contributed by atoms with Crippen LogP contribution in [0.3, 0.4) is 0 Å². The minimum atomic E-state index is -0.414. The fourth-order valence-corrected chi connectivity index (χ4v) is 1.72. The molecule has 6 heteroatoms. The molecule has 1 fully saturated rings. The molecular weight excluding hydrogens is 220 g/mol. The summed E-state index contributed by atoms with van der Waals surface area (Å²) in [6.45, 7) is 4.98. The molecule has 1 rings (SSSR count). The van der Waals surface area contributed by atoms with E-state index in [0.717, 1.165) is 13.1 Å². The number of urea groups is 1. The molecule has 0 aromatic carbocycles.